The number of benzene rings is 1. The van der Waals surface area contributed by atoms with Crippen molar-refractivity contribution in [2.45, 2.75) is 6.10 Å². The Morgan fingerprint density at radius 1 is 1.41 bits per heavy atom. The fourth-order valence-electron chi connectivity index (χ4n) is 1.35. The number of aliphatic hydroxyl groups is 1. The smallest absolute Gasteiger partial charge is 0.148 e. The Bertz CT molecular complexity index is 462. The van der Waals surface area contributed by atoms with Gasteiger partial charge in [0, 0.05) is 24.9 Å². The third-order valence-corrected chi connectivity index (χ3v) is 3.20. The van der Waals surface area contributed by atoms with Crippen molar-refractivity contribution in [3.05, 3.63) is 35.6 Å². The minimum absolute atomic E-state index is 0.00298. The second kappa shape index (κ2) is 6.09. The van der Waals surface area contributed by atoms with E-state index < -0.39 is 21.8 Å². The molecule has 0 aliphatic heterocycles. The first-order valence-corrected chi connectivity index (χ1v) is 7.27. The lowest BCUT2D eigenvalue weighted by molar-refractivity contribution is 0.171. The van der Waals surface area contributed by atoms with Crippen LogP contribution < -0.4 is 5.32 Å². The number of nitrogens with one attached hydrogen (secondary N) is 1. The molecule has 0 spiro atoms. The van der Waals surface area contributed by atoms with Crippen LogP contribution in [0.4, 0.5) is 4.39 Å². The summed E-state index contributed by atoms with van der Waals surface area (Å²) >= 11 is 0. The zero-order valence-corrected chi connectivity index (χ0v) is 10.4. The molecule has 0 fully saturated rings. The molecule has 1 rings (SSSR count). The number of aliphatic hydroxyl groups excluding tert-OH is 1. The van der Waals surface area contributed by atoms with Gasteiger partial charge in [-0.3, -0.25) is 0 Å². The van der Waals surface area contributed by atoms with Crippen LogP contribution in [0.1, 0.15) is 11.7 Å². The van der Waals surface area contributed by atoms with Gasteiger partial charge in [-0.2, -0.15) is 0 Å². The Morgan fingerprint density at radius 2 is 2.06 bits per heavy atom. The minimum atomic E-state index is -3.01. The van der Waals surface area contributed by atoms with Crippen molar-refractivity contribution in [1.29, 1.82) is 0 Å². The predicted molar refractivity (Wildman–Crippen MR) is 63.9 cm³/mol. The molecule has 0 amide bonds. The molecule has 4 nitrogen and oxygen atoms in total. The van der Waals surface area contributed by atoms with Crippen molar-refractivity contribution in [3.63, 3.8) is 0 Å². The van der Waals surface area contributed by atoms with E-state index in [2.05, 4.69) is 5.32 Å². The molecule has 0 radical (unpaired) electrons. The van der Waals surface area contributed by atoms with E-state index in [1.807, 2.05) is 0 Å². The van der Waals surface area contributed by atoms with E-state index in [0.29, 0.717) is 0 Å². The zero-order chi connectivity index (χ0) is 12.9. The minimum Gasteiger partial charge on any atom is -0.387 e. The Balaban J connectivity index is 2.41. The molecule has 1 unspecified atom stereocenters. The quantitative estimate of drug-likeness (QED) is 0.732. The largest absolute Gasteiger partial charge is 0.387 e. The molecule has 0 heterocycles. The van der Waals surface area contributed by atoms with E-state index in [9.17, 15) is 17.9 Å². The number of hydrogen-bond acceptors (Lipinski definition) is 4. The summed E-state index contributed by atoms with van der Waals surface area (Å²) in [4.78, 5) is 0. The normalized spacial score (nSPS) is 13.6. The standard InChI is InChI=1S/C11H16FNO3S/c1-17(15,16)7-6-13-8-11(14)9-4-2-3-5-10(9)12/h2-5,11,13-14H,6-8H2,1H3. The molecule has 1 aromatic carbocycles. The zero-order valence-electron chi connectivity index (χ0n) is 9.56. The van der Waals surface area contributed by atoms with Gasteiger partial charge in [0.15, 0.2) is 0 Å². The van der Waals surface area contributed by atoms with Crippen molar-refractivity contribution in [2.75, 3.05) is 25.1 Å². The molecule has 0 bridgehead atoms. The van der Waals surface area contributed by atoms with Crippen molar-refractivity contribution in [2.24, 2.45) is 0 Å². The van der Waals surface area contributed by atoms with Gasteiger partial charge in [-0.15, -0.1) is 0 Å². The highest BCUT2D eigenvalue weighted by atomic mass is 32.2. The summed E-state index contributed by atoms with van der Waals surface area (Å²) in [6.45, 7) is 0.362. The second-order valence-corrected chi connectivity index (χ2v) is 6.13. The monoisotopic (exact) mass is 261 g/mol. The number of sulfone groups is 1. The van der Waals surface area contributed by atoms with Crippen LogP contribution in [-0.4, -0.2) is 38.6 Å². The van der Waals surface area contributed by atoms with Crippen LogP contribution in [0, 0.1) is 5.82 Å². The van der Waals surface area contributed by atoms with Gasteiger partial charge in [0.2, 0.25) is 0 Å². The highest BCUT2D eigenvalue weighted by Gasteiger charge is 2.11. The van der Waals surface area contributed by atoms with Crippen LogP contribution in [0.2, 0.25) is 0 Å². The van der Waals surface area contributed by atoms with Gasteiger partial charge in [-0.05, 0) is 6.07 Å². The molecule has 0 saturated carbocycles. The van der Waals surface area contributed by atoms with Crippen molar-refractivity contribution in [1.82, 2.24) is 5.32 Å². The third-order valence-electron chi connectivity index (χ3n) is 2.25. The van der Waals surface area contributed by atoms with Gasteiger partial charge in [-0.25, -0.2) is 12.8 Å². The Morgan fingerprint density at radius 3 is 2.65 bits per heavy atom. The number of hydrogen-bond donors (Lipinski definition) is 2. The lowest BCUT2D eigenvalue weighted by Gasteiger charge is -2.12. The molecule has 17 heavy (non-hydrogen) atoms. The lowest BCUT2D eigenvalue weighted by atomic mass is 10.1. The average Bonchev–Trinajstić information content (AvgIpc) is 2.23. The Labute approximate surface area is 100 Å². The van der Waals surface area contributed by atoms with Crippen molar-refractivity contribution >= 4 is 9.84 Å². The number of rotatable bonds is 6. The van der Waals surface area contributed by atoms with E-state index in [1.165, 1.54) is 12.1 Å². The summed E-state index contributed by atoms with van der Waals surface area (Å²) in [6, 6.07) is 5.95. The van der Waals surface area contributed by atoms with E-state index >= 15 is 0 Å². The number of halogens is 1. The van der Waals surface area contributed by atoms with Crippen LogP contribution >= 0.6 is 0 Å². The van der Waals surface area contributed by atoms with Crippen molar-refractivity contribution in [3.8, 4) is 0 Å². The van der Waals surface area contributed by atoms with Crippen LogP contribution in [0.25, 0.3) is 0 Å². The highest BCUT2D eigenvalue weighted by Crippen LogP contribution is 2.15. The van der Waals surface area contributed by atoms with E-state index in [-0.39, 0.29) is 24.4 Å². The molecule has 1 atom stereocenters. The predicted octanol–water partition coefficient (Wildman–Crippen LogP) is 0.493. The molecule has 0 saturated heterocycles. The van der Waals surface area contributed by atoms with Crippen LogP contribution in [0.15, 0.2) is 24.3 Å². The molecule has 0 aromatic heterocycles. The fraction of sp³-hybridized carbons (Fsp3) is 0.455. The van der Waals surface area contributed by atoms with Gasteiger partial charge in [0.05, 0.1) is 11.9 Å². The van der Waals surface area contributed by atoms with E-state index in [0.717, 1.165) is 6.26 Å². The fourth-order valence-corrected chi connectivity index (χ4v) is 1.87. The molecule has 0 aliphatic rings. The van der Waals surface area contributed by atoms with Crippen LogP contribution in [0.3, 0.4) is 0 Å². The van der Waals surface area contributed by atoms with Gasteiger partial charge in [0.25, 0.3) is 0 Å². The van der Waals surface area contributed by atoms with Gasteiger partial charge in [-0.1, -0.05) is 18.2 Å². The van der Waals surface area contributed by atoms with Gasteiger partial charge >= 0.3 is 0 Å². The van der Waals surface area contributed by atoms with Crippen LogP contribution in [0.5, 0.6) is 0 Å². The topological polar surface area (TPSA) is 66.4 Å². The first-order chi connectivity index (χ1) is 7.90. The SMILES string of the molecule is CS(=O)(=O)CCNCC(O)c1ccccc1F. The summed E-state index contributed by atoms with van der Waals surface area (Å²) in [5.74, 6) is -0.471. The first kappa shape index (κ1) is 14.1. The summed E-state index contributed by atoms with van der Waals surface area (Å²) in [5, 5.41) is 12.5. The third kappa shape index (κ3) is 5.25. The molecule has 96 valence electrons. The molecule has 2 N–H and O–H groups in total. The van der Waals surface area contributed by atoms with Gasteiger partial charge < -0.3 is 10.4 Å². The molecule has 0 aliphatic carbocycles. The van der Waals surface area contributed by atoms with Crippen molar-refractivity contribution < 1.29 is 17.9 Å². The highest BCUT2D eigenvalue weighted by molar-refractivity contribution is 7.90. The summed E-state index contributed by atoms with van der Waals surface area (Å²) in [5.41, 5.74) is 0.208. The van der Waals surface area contributed by atoms with E-state index in [4.69, 9.17) is 0 Å². The van der Waals surface area contributed by atoms with Gasteiger partial charge in [0.1, 0.15) is 15.7 Å². The average molecular weight is 261 g/mol. The van der Waals surface area contributed by atoms with Crippen LogP contribution in [-0.2, 0) is 9.84 Å². The maximum atomic E-state index is 13.3. The molecular formula is C11H16FNO3S. The summed E-state index contributed by atoms with van der Waals surface area (Å²) < 4.78 is 34.9. The molecular weight excluding hydrogens is 245 g/mol. The lowest BCUT2D eigenvalue weighted by Crippen LogP contribution is -2.27. The Kier molecular flexibility index (Phi) is 5.04. The molecule has 6 heteroatoms. The maximum absolute atomic E-state index is 13.3. The Hall–Kier alpha value is -0.980. The summed E-state index contributed by atoms with van der Waals surface area (Å²) in [7, 11) is -3.01. The van der Waals surface area contributed by atoms with E-state index in [1.54, 1.807) is 12.1 Å². The molecule has 1 aromatic rings. The second-order valence-electron chi connectivity index (χ2n) is 3.87. The summed E-state index contributed by atoms with van der Waals surface area (Å²) in [6.07, 6.45) is 0.165. The maximum Gasteiger partial charge on any atom is 0.148 e. The first-order valence-electron chi connectivity index (χ1n) is 5.21.